The average Bonchev–Trinajstić information content (AvgIpc) is 3.35. The molecule has 0 aliphatic rings. The van der Waals surface area contributed by atoms with E-state index in [0.717, 1.165) is 0 Å². The van der Waals surface area contributed by atoms with Crippen molar-refractivity contribution in [2.75, 3.05) is 20.3 Å². The van der Waals surface area contributed by atoms with E-state index >= 15 is 0 Å². The van der Waals surface area contributed by atoms with E-state index in [0.29, 0.717) is 23.5 Å². The molecule has 4 aromatic rings. The van der Waals surface area contributed by atoms with Crippen LogP contribution >= 0.6 is 0 Å². The van der Waals surface area contributed by atoms with Crippen LogP contribution in [0, 0.1) is 5.82 Å². The summed E-state index contributed by atoms with van der Waals surface area (Å²) < 4.78 is 27.2. The van der Waals surface area contributed by atoms with Crippen molar-refractivity contribution in [1.82, 2.24) is 24.1 Å². The Morgan fingerprint density at radius 2 is 2.10 bits per heavy atom. The number of aromatic nitrogens is 5. The van der Waals surface area contributed by atoms with Crippen LogP contribution in [0.1, 0.15) is 31.7 Å². The predicted molar refractivity (Wildman–Crippen MR) is 102 cm³/mol. The largest absolute Gasteiger partial charge is 0.394 e. The number of imidazole rings is 1. The van der Waals surface area contributed by atoms with E-state index in [1.165, 1.54) is 23.0 Å². The fourth-order valence-electron chi connectivity index (χ4n) is 3.39. The molecule has 0 saturated carbocycles. The molecule has 0 bridgehead atoms. The van der Waals surface area contributed by atoms with E-state index < -0.39 is 17.4 Å². The Morgan fingerprint density at radius 3 is 2.83 bits per heavy atom. The Hall–Kier alpha value is -3.11. The number of nitrogens with zero attached hydrogens (tertiary/aromatic N) is 5. The minimum absolute atomic E-state index is 0.120. The zero-order chi connectivity index (χ0) is 20.7. The summed E-state index contributed by atoms with van der Waals surface area (Å²) in [5, 5.41) is 13.6. The van der Waals surface area contributed by atoms with Crippen LogP contribution in [0.3, 0.4) is 0 Å². The number of aliphatic hydroxyl groups is 1. The van der Waals surface area contributed by atoms with Crippen molar-refractivity contribution >= 4 is 16.6 Å². The van der Waals surface area contributed by atoms with Gasteiger partial charge in [-0.3, -0.25) is 13.8 Å². The van der Waals surface area contributed by atoms with E-state index in [1.54, 1.807) is 24.5 Å². The second kappa shape index (κ2) is 7.37. The molecule has 1 aromatic carbocycles. The van der Waals surface area contributed by atoms with Crippen molar-refractivity contribution < 1.29 is 18.8 Å². The van der Waals surface area contributed by atoms with Crippen molar-refractivity contribution in [3.05, 3.63) is 46.6 Å². The van der Waals surface area contributed by atoms with Crippen LogP contribution in [0.4, 0.5) is 4.39 Å². The third kappa shape index (κ3) is 3.10. The van der Waals surface area contributed by atoms with Crippen molar-refractivity contribution in [2.45, 2.75) is 25.8 Å². The van der Waals surface area contributed by atoms with Crippen molar-refractivity contribution in [2.24, 2.45) is 0 Å². The molecule has 1 N–H and O–H groups in total. The summed E-state index contributed by atoms with van der Waals surface area (Å²) in [6.45, 7) is 3.68. The van der Waals surface area contributed by atoms with Crippen LogP contribution in [-0.2, 0) is 4.74 Å². The van der Waals surface area contributed by atoms with Gasteiger partial charge in [0.25, 0.3) is 5.56 Å². The van der Waals surface area contributed by atoms with Gasteiger partial charge < -0.3 is 14.4 Å². The standard InChI is InChI=1S/C19H20FN5O4/c1-10(8-28-3)18-22-17(23-29-18)15-16-19(27)25(11(2)7-26)14-6-12(20)4-5-13(14)24(16)9-21-15/h4-6,9-11,26H,7-8H2,1-3H3. The maximum atomic E-state index is 13.9. The van der Waals surface area contributed by atoms with E-state index in [4.69, 9.17) is 9.26 Å². The molecule has 3 heterocycles. The Kier molecular flexibility index (Phi) is 4.89. The monoisotopic (exact) mass is 401 g/mol. The third-order valence-corrected chi connectivity index (χ3v) is 4.84. The molecular formula is C19H20FN5O4. The molecule has 0 aliphatic heterocycles. The Balaban J connectivity index is 1.99. The molecule has 152 valence electrons. The molecule has 4 rings (SSSR count). The highest BCUT2D eigenvalue weighted by Gasteiger charge is 2.23. The summed E-state index contributed by atoms with van der Waals surface area (Å²) in [6, 6.07) is 3.56. The highest BCUT2D eigenvalue weighted by atomic mass is 19.1. The second-order valence-corrected chi connectivity index (χ2v) is 6.96. The Labute approximate surface area is 164 Å². The quantitative estimate of drug-likeness (QED) is 0.527. The van der Waals surface area contributed by atoms with Gasteiger partial charge in [-0.05, 0) is 25.1 Å². The van der Waals surface area contributed by atoms with E-state index in [1.807, 2.05) is 6.92 Å². The Morgan fingerprint density at radius 1 is 1.31 bits per heavy atom. The zero-order valence-electron chi connectivity index (χ0n) is 16.2. The molecule has 29 heavy (non-hydrogen) atoms. The predicted octanol–water partition coefficient (Wildman–Crippen LogP) is 2.14. The van der Waals surface area contributed by atoms with Crippen LogP contribution in [0.2, 0.25) is 0 Å². The smallest absolute Gasteiger partial charge is 0.278 e. The molecule has 0 fully saturated rings. The van der Waals surface area contributed by atoms with Gasteiger partial charge in [0, 0.05) is 7.11 Å². The molecule has 10 heteroatoms. The molecule has 0 radical (unpaired) electrons. The van der Waals surface area contributed by atoms with Crippen molar-refractivity contribution in [1.29, 1.82) is 0 Å². The number of methoxy groups -OCH3 is 1. The summed E-state index contributed by atoms with van der Waals surface area (Å²) in [5.74, 6) is -0.0578. The van der Waals surface area contributed by atoms with Gasteiger partial charge in [0.2, 0.25) is 11.7 Å². The lowest BCUT2D eigenvalue weighted by Crippen LogP contribution is -2.27. The molecular weight excluding hydrogens is 381 g/mol. The minimum atomic E-state index is -0.567. The van der Waals surface area contributed by atoms with E-state index in [-0.39, 0.29) is 29.6 Å². The molecule has 0 aliphatic carbocycles. The topological polar surface area (TPSA) is 108 Å². The SMILES string of the molecule is COCC(C)c1nc(-c2ncn3c2c(=O)n(C(C)CO)c2cc(F)ccc23)no1. The fraction of sp³-hybridized carbons (Fsp3) is 0.368. The molecule has 0 saturated heterocycles. The van der Waals surface area contributed by atoms with Crippen LogP contribution in [0.25, 0.3) is 28.1 Å². The first-order chi connectivity index (χ1) is 14.0. The highest BCUT2D eigenvalue weighted by Crippen LogP contribution is 2.25. The molecule has 2 unspecified atom stereocenters. The van der Waals surface area contributed by atoms with Gasteiger partial charge in [-0.1, -0.05) is 12.1 Å². The fourth-order valence-corrected chi connectivity index (χ4v) is 3.39. The first-order valence-corrected chi connectivity index (χ1v) is 9.10. The lowest BCUT2D eigenvalue weighted by atomic mass is 10.2. The first kappa shape index (κ1) is 19.2. The maximum absolute atomic E-state index is 13.9. The number of halogens is 1. The van der Waals surface area contributed by atoms with Crippen LogP contribution in [0.15, 0.2) is 33.8 Å². The molecule has 0 amide bonds. The summed E-state index contributed by atoms with van der Waals surface area (Å²) in [4.78, 5) is 22.0. The number of aliphatic hydroxyl groups excluding tert-OH is 1. The van der Waals surface area contributed by atoms with Crippen molar-refractivity contribution in [3.8, 4) is 11.5 Å². The van der Waals surface area contributed by atoms with Gasteiger partial charge in [0.15, 0.2) is 0 Å². The van der Waals surface area contributed by atoms with Gasteiger partial charge in [-0.25, -0.2) is 9.37 Å². The van der Waals surface area contributed by atoms with Crippen LogP contribution in [-0.4, -0.2) is 49.5 Å². The zero-order valence-corrected chi connectivity index (χ0v) is 16.2. The molecule has 2 atom stereocenters. The highest BCUT2D eigenvalue weighted by molar-refractivity contribution is 5.83. The van der Waals surface area contributed by atoms with Gasteiger partial charge in [-0.15, -0.1) is 0 Å². The molecule has 9 nitrogen and oxygen atoms in total. The Bertz CT molecular complexity index is 1240. The second-order valence-electron chi connectivity index (χ2n) is 6.96. The maximum Gasteiger partial charge on any atom is 0.278 e. The molecule has 0 spiro atoms. The van der Waals surface area contributed by atoms with E-state index in [2.05, 4.69) is 15.1 Å². The lowest BCUT2D eigenvalue weighted by molar-refractivity contribution is 0.170. The number of fused-ring (bicyclic) bond motifs is 3. The van der Waals surface area contributed by atoms with Gasteiger partial charge in [-0.2, -0.15) is 4.98 Å². The van der Waals surface area contributed by atoms with Crippen molar-refractivity contribution in [3.63, 3.8) is 0 Å². The number of hydrogen-bond acceptors (Lipinski definition) is 7. The number of hydrogen-bond donors (Lipinski definition) is 1. The summed E-state index contributed by atoms with van der Waals surface area (Å²) >= 11 is 0. The van der Waals surface area contributed by atoms with Gasteiger partial charge in [0.05, 0.1) is 36.2 Å². The minimum Gasteiger partial charge on any atom is -0.394 e. The van der Waals surface area contributed by atoms with Gasteiger partial charge in [0.1, 0.15) is 23.4 Å². The summed E-state index contributed by atoms with van der Waals surface area (Å²) in [5.41, 5.74) is 0.955. The van der Waals surface area contributed by atoms with E-state index in [9.17, 15) is 14.3 Å². The normalized spacial score (nSPS) is 14.0. The average molecular weight is 401 g/mol. The van der Waals surface area contributed by atoms with Gasteiger partial charge >= 0.3 is 0 Å². The third-order valence-electron chi connectivity index (χ3n) is 4.84. The summed E-state index contributed by atoms with van der Waals surface area (Å²) in [6.07, 6.45) is 1.47. The summed E-state index contributed by atoms with van der Waals surface area (Å²) in [7, 11) is 1.58. The number of ether oxygens (including phenoxy) is 1. The number of benzene rings is 1. The molecule has 3 aromatic heterocycles. The first-order valence-electron chi connectivity index (χ1n) is 9.10. The number of rotatable bonds is 6. The lowest BCUT2D eigenvalue weighted by Gasteiger charge is -2.17. The van der Waals surface area contributed by atoms with Crippen LogP contribution in [0.5, 0.6) is 0 Å². The van der Waals surface area contributed by atoms with Crippen LogP contribution < -0.4 is 5.56 Å².